The second-order valence-electron chi connectivity index (χ2n) is 12.8. The SMILES string of the molecule is Cc1ccc2c3c(cccc13)Oc1cc(-c3c4ccccc4c(-c4ccc(-c5ccccc5)c5ccccc45)c4ccccc34)ccc1-2. The lowest BCUT2D eigenvalue weighted by molar-refractivity contribution is 0.487. The molecular formula is C47H30O. The van der Waals surface area contributed by atoms with Crippen LogP contribution in [0.5, 0.6) is 11.5 Å². The minimum Gasteiger partial charge on any atom is -0.456 e. The molecule has 0 saturated carbocycles. The Morgan fingerprint density at radius 2 is 0.875 bits per heavy atom. The van der Waals surface area contributed by atoms with Gasteiger partial charge in [-0.25, -0.2) is 0 Å². The first kappa shape index (κ1) is 27.0. The molecule has 0 radical (unpaired) electrons. The van der Waals surface area contributed by atoms with E-state index < -0.39 is 0 Å². The molecular weight excluding hydrogens is 581 g/mol. The van der Waals surface area contributed by atoms with Crippen LogP contribution in [0, 0.1) is 6.92 Å². The van der Waals surface area contributed by atoms with Crippen molar-refractivity contribution in [3.8, 4) is 56.0 Å². The summed E-state index contributed by atoms with van der Waals surface area (Å²) in [6, 6.07) is 59.6. The third-order valence-corrected chi connectivity index (χ3v) is 10.2. The molecule has 9 aromatic carbocycles. The summed E-state index contributed by atoms with van der Waals surface area (Å²) >= 11 is 0. The number of ether oxygens (including phenoxy) is 1. The van der Waals surface area contributed by atoms with E-state index in [1.54, 1.807) is 0 Å². The quantitative estimate of drug-likeness (QED) is 0.181. The van der Waals surface area contributed by atoms with Crippen molar-refractivity contribution in [2.75, 3.05) is 0 Å². The van der Waals surface area contributed by atoms with Crippen LogP contribution in [-0.2, 0) is 0 Å². The van der Waals surface area contributed by atoms with Crippen molar-refractivity contribution in [3.63, 3.8) is 0 Å². The van der Waals surface area contributed by atoms with Gasteiger partial charge in [0.25, 0.3) is 0 Å². The van der Waals surface area contributed by atoms with E-state index in [1.165, 1.54) is 82.0 Å². The molecule has 48 heavy (non-hydrogen) atoms. The maximum Gasteiger partial charge on any atom is 0.135 e. The summed E-state index contributed by atoms with van der Waals surface area (Å²) < 4.78 is 6.68. The van der Waals surface area contributed by atoms with Crippen molar-refractivity contribution < 1.29 is 4.74 Å². The molecule has 9 aromatic rings. The summed E-state index contributed by atoms with van der Waals surface area (Å²) in [5.41, 5.74) is 11.0. The minimum absolute atomic E-state index is 0.899. The molecule has 0 saturated heterocycles. The standard InChI is InChI=1S/C47H30O/c1-29-22-24-42-36-25-23-31(28-44(36)48-43-21-11-20-32(29)47(42)43)45-37-16-7-9-18-39(37)46(40-19-10-8-17-38(40)45)41-27-26-33(30-12-3-2-4-13-30)34-14-5-6-15-35(34)41/h2-28H,1H3. The first-order valence-electron chi connectivity index (χ1n) is 16.6. The van der Waals surface area contributed by atoms with Gasteiger partial charge in [-0.05, 0) is 107 Å². The fraction of sp³-hybridized carbons (Fsp3) is 0.0213. The van der Waals surface area contributed by atoms with Gasteiger partial charge in [0.2, 0.25) is 0 Å². The van der Waals surface area contributed by atoms with Gasteiger partial charge in [0.15, 0.2) is 0 Å². The van der Waals surface area contributed by atoms with Crippen LogP contribution in [0.3, 0.4) is 0 Å². The summed E-state index contributed by atoms with van der Waals surface area (Å²) in [5.74, 6) is 1.82. The fourth-order valence-corrected chi connectivity index (χ4v) is 8.05. The molecule has 1 aliphatic heterocycles. The van der Waals surface area contributed by atoms with E-state index in [4.69, 9.17) is 4.74 Å². The lowest BCUT2D eigenvalue weighted by Crippen LogP contribution is -1.98. The molecule has 0 unspecified atom stereocenters. The Morgan fingerprint density at radius 3 is 1.58 bits per heavy atom. The second kappa shape index (κ2) is 10.4. The Balaban J connectivity index is 1.23. The van der Waals surface area contributed by atoms with E-state index in [-0.39, 0.29) is 0 Å². The van der Waals surface area contributed by atoms with Crippen LogP contribution in [0.2, 0.25) is 0 Å². The van der Waals surface area contributed by atoms with Crippen molar-refractivity contribution in [2.45, 2.75) is 6.92 Å². The molecule has 224 valence electrons. The highest BCUT2D eigenvalue weighted by Gasteiger charge is 2.23. The summed E-state index contributed by atoms with van der Waals surface area (Å²) in [4.78, 5) is 0. The lowest BCUT2D eigenvalue weighted by atomic mass is 9.83. The van der Waals surface area contributed by atoms with Crippen LogP contribution < -0.4 is 4.74 Å². The minimum atomic E-state index is 0.899. The van der Waals surface area contributed by atoms with Crippen LogP contribution in [0.15, 0.2) is 164 Å². The molecule has 0 amide bonds. The lowest BCUT2D eigenvalue weighted by Gasteiger charge is -2.24. The van der Waals surface area contributed by atoms with Gasteiger partial charge in [-0.1, -0.05) is 146 Å². The average Bonchev–Trinajstić information content (AvgIpc) is 3.15. The molecule has 1 heterocycles. The molecule has 10 rings (SSSR count). The van der Waals surface area contributed by atoms with Crippen LogP contribution in [0.4, 0.5) is 0 Å². The zero-order chi connectivity index (χ0) is 31.8. The highest BCUT2D eigenvalue weighted by molar-refractivity contribution is 6.24. The fourth-order valence-electron chi connectivity index (χ4n) is 8.05. The molecule has 1 nitrogen and oxygen atoms in total. The molecule has 0 N–H and O–H groups in total. The molecule has 0 fully saturated rings. The van der Waals surface area contributed by atoms with Crippen LogP contribution in [0.25, 0.3) is 87.6 Å². The third kappa shape index (κ3) is 3.91. The number of rotatable bonds is 3. The first-order valence-corrected chi connectivity index (χ1v) is 16.6. The molecule has 1 aliphatic rings. The number of benzene rings is 9. The van der Waals surface area contributed by atoms with E-state index in [2.05, 4.69) is 171 Å². The number of hydrogen-bond donors (Lipinski definition) is 0. The smallest absolute Gasteiger partial charge is 0.135 e. The van der Waals surface area contributed by atoms with Crippen molar-refractivity contribution in [1.29, 1.82) is 0 Å². The van der Waals surface area contributed by atoms with Crippen molar-refractivity contribution in [1.82, 2.24) is 0 Å². The summed E-state index contributed by atoms with van der Waals surface area (Å²) in [6.07, 6.45) is 0. The number of aryl methyl sites for hydroxylation is 1. The van der Waals surface area contributed by atoms with E-state index in [0.717, 1.165) is 22.6 Å². The monoisotopic (exact) mass is 610 g/mol. The van der Waals surface area contributed by atoms with Crippen LogP contribution >= 0.6 is 0 Å². The van der Waals surface area contributed by atoms with Gasteiger partial charge >= 0.3 is 0 Å². The maximum atomic E-state index is 6.68. The second-order valence-corrected chi connectivity index (χ2v) is 12.8. The van der Waals surface area contributed by atoms with Crippen LogP contribution in [0.1, 0.15) is 5.56 Å². The van der Waals surface area contributed by atoms with E-state index in [9.17, 15) is 0 Å². The number of hydrogen-bond acceptors (Lipinski definition) is 1. The van der Waals surface area contributed by atoms with Crippen molar-refractivity contribution in [3.05, 3.63) is 169 Å². The normalized spacial score (nSPS) is 12.0. The Bertz CT molecular complexity index is 2700. The molecule has 0 aromatic heterocycles. The average molecular weight is 611 g/mol. The summed E-state index contributed by atoms with van der Waals surface area (Å²) in [7, 11) is 0. The van der Waals surface area contributed by atoms with Gasteiger partial charge < -0.3 is 4.74 Å². The Kier molecular flexibility index (Phi) is 5.86. The van der Waals surface area contributed by atoms with Crippen molar-refractivity contribution >= 4 is 43.1 Å². The molecule has 0 spiro atoms. The van der Waals surface area contributed by atoms with Crippen LogP contribution in [-0.4, -0.2) is 0 Å². The van der Waals surface area contributed by atoms with Gasteiger partial charge in [0, 0.05) is 10.9 Å². The third-order valence-electron chi connectivity index (χ3n) is 10.2. The number of fused-ring (bicyclic) bond motifs is 5. The zero-order valence-electron chi connectivity index (χ0n) is 26.5. The topological polar surface area (TPSA) is 9.23 Å². The Hall–Kier alpha value is -6.18. The van der Waals surface area contributed by atoms with Gasteiger partial charge in [0.1, 0.15) is 11.5 Å². The predicted molar refractivity (Wildman–Crippen MR) is 203 cm³/mol. The van der Waals surface area contributed by atoms with E-state index in [1.807, 2.05) is 0 Å². The Labute approximate surface area is 279 Å². The zero-order valence-corrected chi connectivity index (χ0v) is 26.5. The first-order chi connectivity index (χ1) is 23.7. The maximum absolute atomic E-state index is 6.68. The highest BCUT2D eigenvalue weighted by atomic mass is 16.5. The predicted octanol–water partition coefficient (Wildman–Crippen LogP) is 13.4. The van der Waals surface area contributed by atoms with E-state index >= 15 is 0 Å². The van der Waals surface area contributed by atoms with Gasteiger partial charge in [-0.15, -0.1) is 0 Å². The molecule has 0 atom stereocenters. The van der Waals surface area contributed by atoms with Crippen molar-refractivity contribution in [2.24, 2.45) is 0 Å². The molecule has 0 aliphatic carbocycles. The molecule has 0 bridgehead atoms. The van der Waals surface area contributed by atoms with Gasteiger partial charge in [-0.3, -0.25) is 0 Å². The Morgan fingerprint density at radius 1 is 0.333 bits per heavy atom. The van der Waals surface area contributed by atoms with E-state index in [0.29, 0.717) is 0 Å². The molecule has 1 heteroatoms. The summed E-state index contributed by atoms with van der Waals surface area (Å²) in [6.45, 7) is 2.17. The largest absolute Gasteiger partial charge is 0.456 e. The summed E-state index contributed by atoms with van der Waals surface area (Å²) in [5, 5.41) is 9.91. The van der Waals surface area contributed by atoms with Gasteiger partial charge in [-0.2, -0.15) is 0 Å². The highest BCUT2D eigenvalue weighted by Crippen LogP contribution is 2.51. The van der Waals surface area contributed by atoms with Gasteiger partial charge in [0.05, 0.1) is 0 Å².